The first kappa shape index (κ1) is 17.4. The van der Waals surface area contributed by atoms with Crippen molar-refractivity contribution < 1.29 is 26.0 Å². The number of oxazole rings is 1. The SMILES string of the molecule is CCc1ocnc1C(=O)N1CCN(S(C)(=O)=O)[C@H]2CS(=O)(=O)C[C@H]21. The molecule has 2 aliphatic rings. The molecule has 2 fully saturated rings. The Kier molecular flexibility index (Phi) is 4.21. The molecule has 1 aromatic heterocycles. The molecule has 0 spiro atoms. The van der Waals surface area contributed by atoms with Crippen LogP contribution in [-0.4, -0.2) is 79.9 Å². The lowest BCUT2D eigenvalue weighted by Gasteiger charge is -2.42. The minimum atomic E-state index is -3.55. The number of carbonyl (C=O) groups is 1. The van der Waals surface area contributed by atoms with E-state index in [-0.39, 0.29) is 30.3 Å². The fraction of sp³-hybridized carbons (Fsp3) is 0.692. The number of piperazine rings is 1. The Hall–Kier alpha value is -1.46. The molecule has 2 atom stereocenters. The largest absolute Gasteiger partial charge is 0.448 e. The van der Waals surface area contributed by atoms with Gasteiger partial charge in [-0.05, 0) is 0 Å². The maximum Gasteiger partial charge on any atom is 0.276 e. The van der Waals surface area contributed by atoms with Crippen LogP contribution in [0.15, 0.2) is 10.8 Å². The summed E-state index contributed by atoms with van der Waals surface area (Å²) in [6, 6.07) is -1.45. The Morgan fingerprint density at radius 3 is 2.62 bits per heavy atom. The zero-order valence-corrected chi connectivity index (χ0v) is 15.0. The average Bonchev–Trinajstić information content (AvgIpc) is 3.06. The quantitative estimate of drug-likeness (QED) is 0.671. The number of rotatable bonds is 3. The maximum atomic E-state index is 12.8. The third-order valence-electron chi connectivity index (χ3n) is 4.48. The summed E-state index contributed by atoms with van der Waals surface area (Å²) < 4.78 is 54.4. The molecule has 0 N–H and O–H groups in total. The Morgan fingerprint density at radius 2 is 2.00 bits per heavy atom. The lowest BCUT2D eigenvalue weighted by atomic mass is 10.1. The van der Waals surface area contributed by atoms with Gasteiger partial charge in [0.05, 0.1) is 29.8 Å². The van der Waals surface area contributed by atoms with Gasteiger partial charge in [-0.15, -0.1) is 0 Å². The highest BCUT2D eigenvalue weighted by atomic mass is 32.2. The van der Waals surface area contributed by atoms with Crippen LogP contribution in [0.1, 0.15) is 23.2 Å². The molecule has 11 heteroatoms. The molecule has 1 aromatic rings. The van der Waals surface area contributed by atoms with E-state index in [1.165, 1.54) is 15.6 Å². The van der Waals surface area contributed by atoms with Crippen molar-refractivity contribution in [3.63, 3.8) is 0 Å². The van der Waals surface area contributed by atoms with Crippen molar-refractivity contribution in [1.82, 2.24) is 14.2 Å². The number of sulfone groups is 1. The Labute approximate surface area is 140 Å². The van der Waals surface area contributed by atoms with E-state index >= 15 is 0 Å². The number of hydrogen-bond donors (Lipinski definition) is 0. The third-order valence-corrected chi connectivity index (χ3v) is 7.48. The van der Waals surface area contributed by atoms with Crippen LogP contribution < -0.4 is 0 Å². The van der Waals surface area contributed by atoms with Crippen LogP contribution in [0.3, 0.4) is 0 Å². The van der Waals surface area contributed by atoms with Crippen molar-refractivity contribution in [2.24, 2.45) is 0 Å². The molecule has 2 saturated heterocycles. The topological polar surface area (TPSA) is 118 Å². The van der Waals surface area contributed by atoms with Gasteiger partial charge in [-0.3, -0.25) is 4.79 Å². The van der Waals surface area contributed by atoms with Gasteiger partial charge in [0.15, 0.2) is 21.9 Å². The molecule has 134 valence electrons. The smallest absolute Gasteiger partial charge is 0.276 e. The summed E-state index contributed by atoms with van der Waals surface area (Å²) in [4.78, 5) is 18.2. The number of aromatic nitrogens is 1. The predicted octanol–water partition coefficient (Wildman–Crippen LogP) is -0.880. The zero-order chi connectivity index (χ0) is 17.7. The molecular formula is C13H19N3O6S2. The van der Waals surface area contributed by atoms with Crippen LogP contribution in [0.4, 0.5) is 0 Å². The molecule has 24 heavy (non-hydrogen) atoms. The number of nitrogens with zero attached hydrogens (tertiary/aromatic N) is 3. The molecule has 3 heterocycles. The van der Waals surface area contributed by atoms with E-state index in [0.29, 0.717) is 12.2 Å². The molecule has 0 saturated carbocycles. The van der Waals surface area contributed by atoms with Crippen LogP contribution in [0.25, 0.3) is 0 Å². The number of fused-ring (bicyclic) bond motifs is 1. The van der Waals surface area contributed by atoms with E-state index in [2.05, 4.69) is 4.98 Å². The van der Waals surface area contributed by atoms with Crippen molar-refractivity contribution in [2.75, 3.05) is 30.9 Å². The van der Waals surface area contributed by atoms with Gasteiger partial charge in [0.2, 0.25) is 10.0 Å². The van der Waals surface area contributed by atoms with Crippen LogP contribution >= 0.6 is 0 Å². The second kappa shape index (κ2) is 5.81. The van der Waals surface area contributed by atoms with Gasteiger partial charge >= 0.3 is 0 Å². The number of carbonyl (C=O) groups excluding carboxylic acids is 1. The predicted molar refractivity (Wildman–Crippen MR) is 84.7 cm³/mol. The molecule has 2 aliphatic heterocycles. The summed E-state index contributed by atoms with van der Waals surface area (Å²) in [5.74, 6) is -0.494. The Bertz CT molecular complexity index is 860. The van der Waals surface area contributed by atoms with Gasteiger partial charge in [-0.2, -0.15) is 4.31 Å². The normalized spacial score (nSPS) is 27.2. The van der Waals surface area contributed by atoms with E-state index in [0.717, 1.165) is 6.26 Å². The number of sulfonamides is 1. The summed E-state index contributed by atoms with van der Waals surface area (Å²) in [5, 5.41) is 0. The zero-order valence-electron chi connectivity index (χ0n) is 13.4. The first-order valence-corrected chi connectivity index (χ1v) is 11.2. The third kappa shape index (κ3) is 2.95. The van der Waals surface area contributed by atoms with Crippen molar-refractivity contribution in [3.8, 4) is 0 Å². The summed E-state index contributed by atoms with van der Waals surface area (Å²) in [6.45, 7) is 2.01. The van der Waals surface area contributed by atoms with Crippen LogP contribution in [0, 0.1) is 0 Å². The Morgan fingerprint density at radius 1 is 1.33 bits per heavy atom. The van der Waals surface area contributed by atoms with Gasteiger partial charge < -0.3 is 9.32 Å². The van der Waals surface area contributed by atoms with E-state index in [1.54, 1.807) is 0 Å². The van der Waals surface area contributed by atoms with Crippen molar-refractivity contribution >= 4 is 25.8 Å². The number of amides is 1. The lowest BCUT2D eigenvalue weighted by molar-refractivity contribution is 0.0509. The molecule has 0 unspecified atom stereocenters. The van der Waals surface area contributed by atoms with Crippen molar-refractivity contribution in [3.05, 3.63) is 17.8 Å². The van der Waals surface area contributed by atoms with Gasteiger partial charge in [-0.25, -0.2) is 21.8 Å². The van der Waals surface area contributed by atoms with Gasteiger partial charge in [-0.1, -0.05) is 6.92 Å². The van der Waals surface area contributed by atoms with Crippen LogP contribution in [-0.2, 0) is 26.3 Å². The minimum absolute atomic E-state index is 0.0700. The number of aryl methyl sites for hydroxylation is 1. The van der Waals surface area contributed by atoms with E-state index in [9.17, 15) is 21.6 Å². The summed E-state index contributed by atoms with van der Waals surface area (Å²) in [6.07, 6.45) is 2.72. The first-order valence-electron chi connectivity index (χ1n) is 7.54. The summed E-state index contributed by atoms with van der Waals surface area (Å²) in [7, 11) is -6.97. The second-order valence-electron chi connectivity index (χ2n) is 6.06. The van der Waals surface area contributed by atoms with Crippen molar-refractivity contribution in [2.45, 2.75) is 25.4 Å². The highest BCUT2D eigenvalue weighted by molar-refractivity contribution is 7.92. The molecule has 3 rings (SSSR count). The second-order valence-corrected chi connectivity index (χ2v) is 10.2. The molecule has 1 amide bonds. The van der Waals surface area contributed by atoms with Crippen molar-refractivity contribution in [1.29, 1.82) is 0 Å². The molecule has 0 aliphatic carbocycles. The standard InChI is InChI=1S/C13H19N3O6S2/c1-3-11-12(14-8-22-11)13(17)15-4-5-16(23(2,18)19)10-7-24(20,21)6-9(10)15/h8-10H,3-7H2,1-2H3/t9-,10+/m1/s1. The van der Waals surface area contributed by atoms with Gasteiger partial charge in [0, 0.05) is 19.5 Å². The highest BCUT2D eigenvalue weighted by Crippen LogP contribution is 2.30. The fourth-order valence-corrected chi connectivity index (χ4v) is 6.61. The molecule has 0 bridgehead atoms. The number of hydrogen-bond acceptors (Lipinski definition) is 7. The maximum absolute atomic E-state index is 12.8. The van der Waals surface area contributed by atoms with E-state index in [4.69, 9.17) is 4.42 Å². The highest BCUT2D eigenvalue weighted by Gasteiger charge is 2.51. The average molecular weight is 377 g/mol. The first-order chi connectivity index (χ1) is 11.1. The van der Waals surface area contributed by atoms with Gasteiger partial charge in [0.25, 0.3) is 5.91 Å². The fourth-order valence-electron chi connectivity index (χ4n) is 3.42. The van der Waals surface area contributed by atoms with E-state index in [1.807, 2.05) is 6.92 Å². The summed E-state index contributed by atoms with van der Waals surface area (Å²) in [5.41, 5.74) is 0.161. The summed E-state index contributed by atoms with van der Waals surface area (Å²) >= 11 is 0. The Balaban J connectivity index is 1.96. The molecule has 9 nitrogen and oxygen atoms in total. The molecular weight excluding hydrogens is 358 g/mol. The lowest BCUT2D eigenvalue weighted by Crippen LogP contribution is -2.61. The molecule has 0 radical (unpaired) electrons. The van der Waals surface area contributed by atoms with Crippen LogP contribution in [0.2, 0.25) is 0 Å². The monoisotopic (exact) mass is 377 g/mol. The molecule has 0 aromatic carbocycles. The van der Waals surface area contributed by atoms with E-state index < -0.39 is 37.9 Å². The van der Waals surface area contributed by atoms with Crippen LogP contribution in [0.5, 0.6) is 0 Å². The minimum Gasteiger partial charge on any atom is -0.448 e. The van der Waals surface area contributed by atoms with Gasteiger partial charge in [0.1, 0.15) is 5.76 Å².